The zero-order valence-electron chi connectivity index (χ0n) is 12.2. The predicted octanol–water partition coefficient (Wildman–Crippen LogP) is 1.96. The Balaban J connectivity index is 1.74. The van der Waals surface area contributed by atoms with Crippen molar-refractivity contribution in [1.29, 1.82) is 5.26 Å². The summed E-state index contributed by atoms with van der Waals surface area (Å²) in [7, 11) is 1.43. The number of hydrogen-bond acceptors (Lipinski definition) is 5. The summed E-state index contributed by atoms with van der Waals surface area (Å²) in [5.41, 5.74) is 0.595. The molecule has 1 aliphatic heterocycles. The van der Waals surface area contributed by atoms with E-state index in [9.17, 15) is 4.79 Å². The summed E-state index contributed by atoms with van der Waals surface area (Å²) in [6.45, 7) is 2.32. The Kier molecular flexibility index (Phi) is 5.59. The number of methoxy groups -OCH3 is 1. The van der Waals surface area contributed by atoms with Gasteiger partial charge in [0.1, 0.15) is 11.8 Å². The molecule has 0 N–H and O–H groups in total. The van der Waals surface area contributed by atoms with Crippen molar-refractivity contribution in [3.05, 3.63) is 29.8 Å². The molecule has 112 valence electrons. The molecule has 0 spiro atoms. The van der Waals surface area contributed by atoms with E-state index < -0.39 is 0 Å². The lowest BCUT2D eigenvalue weighted by atomic mass is 10.2. The van der Waals surface area contributed by atoms with Gasteiger partial charge in [0.15, 0.2) is 0 Å². The van der Waals surface area contributed by atoms with Crippen LogP contribution in [0.4, 0.5) is 0 Å². The van der Waals surface area contributed by atoms with E-state index in [1.54, 1.807) is 12.1 Å². The maximum atomic E-state index is 11.6. The smallest absolute Gasteiger partial charge is 0.323 e. The Hall–Kier alpha value is -2.06. The van der Waals surface area contributed by atoms with Crippen molar-refractivity contribution in [3.8, 4) is 11.8 Å². The van der Waals surface area contributed by atoms with Gasteiger partial charge in [-0.05, 0) is 44.0 Å². The molecule has 1 saturated heterocycles. The molecule has 1 atom stereocenters. The van der Waals surface area contributed by atoms with Gasteiger partial charge in [-0.15, -0.1) is 0 Å². The van der Waals surface area contributed by atoms with Gasteiger partial charge in [-0.1, -0.05) is 6.07 Å². The maximum absolute atomic E-state index is 11.6. The second kappa shape index (κ2) is 7.65. The molecule has 2 rings (SSSR count). The van der Waals surface area contributed by atoms with Crippen molar-refractivity contribution in [2.75, 3.05) is 26.8 Å². The minimum atomic E-state index is -0.143. The van der Waals surface area contributed by atoms with Crippen molar-refractivity contribution in [1.82, 2.24) is 4.90 Å². The van der Waals surface area contributed by atoms with Crippen molar-refractivity contribution in [3.63, 3.8) is 0 Å². The molecule has 0 radical (unpaired) electrons. The monoisotopic (exact) mass is 288 g/mol. The van der Waals surface area contributed by atoms with Gasteiger partial charge in [0, 0.05) is 6.54 Å². The first kappa shape index (κ1) is 15.3. The van der Waals surface area contributed by atoms with Crippen LogP contribution in [0.15, 0.2) is 24.3 Å². The Morgan fingerprint density at radius 1 is 1.52 bits per heavy atom. The van der Waals surface area contributed by atoms with E-state index in [-0.39, 0.29) is 12.0 Å². The minimum absolute atomic E-state index is 0.100. The lowest BCUT2D eigenvalue weighted by molar-refractivity contribution is -0.145. The molecule has 0 amide bonds. The molecular weight excluding hydrogens is 268 g/mol. The number of ether oxygens (including phenoxy) is 2. The van der Waals surface area contributed by atoms with Gasteiger partial charge < -0.3 is 9.47 Å². The normalized spacial score (nSPS) is 18.2. The van der Waals surface area contributed by atoms with Crippen molar-refractivity contribution in [2.24, 2.45) is 0 Å². The number of esters is 1. The molecule has 1 unspecified atom stereocenters. The van der Waals surface area contributed by atoms with Gasteiger partial charge in [0.05, 0.1) is 25.3 Å². The minimum Gasteiger partial charge on any atom is -0.494 e. The Labute approximate surface area is 125 Å². The van der Waals surface area contributed by atoms with Crippen LogP contribution in [0.5, 0.6) is 5.75 Å². The third-order valence-corrected chi connectivity index (χ3v) is 3.66. The number of benzene rings is 1. The molecule has 1 aliphatic rings. The molecule has 1 aromatic rings. The largest absolute Gasteiger partial charge is 0.494 e. The Bertz CT molecular complexity index is 524. The van der Waals surface area contributed by atoms with Crippen LogP contribution in [-0.4, -0.2) is 43.7 Å². The first-order valence-corrected chi connectivity index (χ1v) is 7.19. The summed E-state index contributed by atoms with van der Waals surface area (Å²) < 4.78 is 10.5. The molecule has 1 fully saturated rings. The van der Waals surface area contributed by atoms with Crippen LogP contribution in [0.3, 0.4) is 0 Å². The van der Waals surface area contributed by atoms with E-state index in [0.717, 1.165) is 32.4 Å². The quantitative estimate of drug-likeness (QED) is 0.591. The van der Waals surface area contributed by atoms with E-state index in [4.69, 9.17) is 14.7 Å². The lowest BCUT2D eigenvalue weighted by Crippen LogP contribution is -2.37. The van der Waals surface area contributed by atoms with E-state index >= 15 is 0 Å². The van der Waals surface area contributed by atoms with Crippen molar-refractivity contribution < 1.29 is 14.3 Å². The first-order chi connectivity index (χ1) is 10.2. The molecule has 0 saturated carbocycles. The number of carbonyl (C=O) groups is 1. The van der Waals surface area contributed by atoms with Crippen LogP contribution in [0.2, 0.25) is 0 Å². The lowest BCUT2D eigenvalue weighted by Gasteiger charge is -2.22. The van der Waals surface area contributed by atoms with Crippen LogP contribution < -0.4 is 4.74 Å². The Morgan fingerprint density at radius 3 is 3.14 bits per heavy atom. The highest BCUT2D eigenvalue weighted by Crippen LogP contribution is 2.19. The van der Waals surface area contributed by atoms with Crippen LogP contribution in [0.25, 0.3) is 0 Å². The summed E-state index contributed by atoms with van der Waals surface area (Å²) in [6, 6.07) is 9.11. The second-order valence-corrected chi connectivity index (χ2v) is 5.06. The van der Waals surface area contributed by atoms with Gasteiger partial charge in [-0.2, -0.15) is 5.26 Å². The summed E-state index contributed by atoms with van der Waals surface area (Å²) in [5.74, 6) is 0.565. The molecule has 0 bridgehead atoms. The number of nitriles is 1. The van der Waals surface area contributed by atoms with E-state index in [0.29, 0.717) is 17.9 Å². The molecule has 5 heteroatoms. The summed E-state index contributed by atoms with van der Waals surface area (Å²) >= 11 is 0. The number of likely N-dealkylation sites (tertiary alicyclic amines) is 1. The third-order valence-electron chi connectivity index (χ3n) is 3.66. The standard InChI is InChI=1S/C16H20N2O3/c1-20-16(19)15-7-3-8-18(15)9-4-10-21-14-6-2-5-13(11-14)12-17/h2,5-6,11,15H,3-4,7-10H2,1H3. The van der Waals surface area contributed by atoms with Gasteiger partial charge in [0.2, 0.25) is 0 Å². The fraction of sp³-hybridized carbons (Fsp3) is 0.500. The Morgan fingerprint density at radius 2 is 2.38 bits per heavy atom. The van der Waals surface area contributed by atoms with Crippen LogP contribution in [-0.2, 0) is 9.53 Å². The van der Waals surface area contributed by atoms with E-state index in [1.807, 2.05) is 12.1 Å². The second-order valence-electron chi connectivity index (χ2n) is 5.06. The summed E-state index contributed by atoms with van der Waals surface area (Å²) in [5, 5.41) is 8.83. The SMILES string of the molecule is COC(=O)C1CCCN1CCCOc1cccc(C#N)c1. The molecule has 1 aromatic carbocycles. The van der Waals surface area contributed by atoms with E-state index in [1.165, 1.54) is 7.11 Å². The highest BCUT2D eigenvalue weighted by atomic mass is 16.5. The fourth-order valence-corrected chi connectivity index (χ4v) is 2.61. The summed E-state index contributed by atoms with van der Waals surface area (Å²) in [6.07, 6.45) is 2.74. The van der Waals surface area contributed by atoms with Crippen LogP contribution >= 0.6 is 0 Å². The van der Waals surface area contributed by atoms with Gasteiger partial charge >= 0.3 is 5.97 Å². The average Bonchev–Trinajstić information content (AvgIpc) is 2.99. The zero-order chi connectivity index (χ0) is 15.1. The first-order valence-electron chi connectivity index (χ1n) is 7.19. The molecule has 0 aromatic heterocycles. The molecule has 5 nitrogen and oxygen atoms in total. The van der Waals surface area contributed by atoms with Crippen molar-refractivity contribution >= 4 is 5.97 Å². The van der Waals surface area contributed by atoms with E-state index in [2.05, 4.69) is 11.0 Å². The number of nitrogens with zero attached hydrogens (tertiary/aromatic N) is 2. The highest BCUT2D eigenvalue weighted by molar-refractivity contribution is 5.75. The average molecular weight is 288 g/mol. The van der Waals surface area contributed by atoms with Crippen molar-refractivity contribution in [2.45, 2.75) is 25.3 Å². The highest BCUT2D eigenvalue weighted by Gasteiger charge is 2.30. The van der Waals surface area contributed by atoms with Gasteiger partial charge in [-0.25, -0.2) is 0 Å². The van der Waals surface area contributed by atoms with Crippen LogP contribution in [0.1, 0.15) is 24.8 Å². The maximum Gasteiger partial charge on any atom is 0.323 e. The fourth-order valence-electron chi connectivity index (χ4n) is 2.61. The van der Waals surface area contributed by atoms with Gasteiger partial charge in [-0.3, -0.25) is 9.69 Å². The molecule has 1 heterocycles. The molecule has 21 heavy (non-hydrogen) atoms. The topological polar surface area (TPSA) is 62.6 Å². The zero-order valence-corrected chi connectivity index (χ0v) is 12.2. The predicted molar refractivity (Wildman–Crippen MR) is 77.9 cm³/mol. The third kappa shape index (κ3) is 4.20. The molecule has 0 aliphatic carbocycles. The van der Waals surface area contributed by atoms with Crippen LogP contribution in [0, 0.1) is 11.3 Å². The number of hydrogen-bond donors (Lipinski definition) is 0. The number of rotatable bonds is 6. The van der Waals surface area contributed by atoms with Gasteiger partial charge in [0.25, 0.3) is 0 Å². The number of carbonyl (C=O) groups excluding carboxylic acids is 1. The molecular formula is C16H20N2O3. The summed E-state index contributed by atoms with van der Waals surface area (Å²) in [4.78, 5) is 13.8.